The van der Waals surface area contributed by atoms with Crippen LogP contribution in [0.5, 0.6) is 0 Å². The number of rotatable bonds is 55. The number of phosphoric acid groups is 1. The smallest absolute Gasteiger partial charge is 0.391 e. The Kier molecular flexibility index (Phi) is 52.7. The number of carbonyl (C=O) groups excluding carboxylic acids is 1. The molecule has 0 radical (unpaired) electrons. The molecule has 8 nitrogen and oxygen atoms in total. The van der Waals surface area contributed by atoms with E-state index in [0.717, 1.165) is 83.5 Å². The molecule has 0 aromatic rings. The highest BCUT2D eigenvalue weighted by Crippen LogP contribution is 2.43. The number of amides is 1. The van der Waals surface area contributed by atoms with E-state index in [2.05, 4.69) is 104 Å². The third kappa shape index (κ3) is 57.2. The number of quaternary nitrogens is 1. The number of carbonyl (C=O) groups is 1. The predicted molar refractivity (Wildman–Crippen MR) is 318 cm³/mol. The van der Waals surface area contributed by atoms with Gasteiger partial charge in [0, 0.05) is 6.42 Å². The van der Waals surface area contributed by atoms with E-state index in [1.165, 1.54) is 154 Å². The van der Waals surface area contributed by atoms with Crippen LogP contribution >= 0.6 is 7.82 Å². The average Bonchev–Trinajstić information content (AvgIpc) is 3.35. The van der Waals surface area contributed by atoms with Gasteiger partial charge in [0.25, 0.3) is 0 Å². The molecule has 0 aliphatic rings. The zero-order valence-electron chi connectivity index (χ0n) is 48.4. The highest BCUT2D eigenvalue weighted by Gasteiger charge is 2.28. The summed E-state index contributed by atoms with van der Waals surface area (Å²) >= 11 is 0. The Hall–Kier alpha value is -2.32. The van der Waals surface area contributed by atoms with Crippen LogP contribution in [0.3, 0.4) is 0 Å². The standard InChI is InChI=1S/C64H117N2O6P/c1-6-8-10-12-14-16-18-20-22-24-25-26-27-28-29-30-31-32-33-34-35-36-37-38-39-40-41-42-44-46-48-50-52-54-56-58-64(68)65-62(61-72-73(69,70)71-60-59-66(3,4)5)63(67)57-55-53-51-49-47-45-43-23-21-19-17-15-13-11-9-7-2/h8,10,14,16,20,22,25-26,28-29,31-32,34-35,62-63,67H,6-7,9,11-13,15,17-19,21,23-24,27,30,33,36-61H2,1-5H3,(H-,65,68,69,70)/p+1/b10-8-,16-14-,22-20-,26-25-,29-28-,32-31-,35-34-. The number of likely N-dealkylation sites (N-methyl/N-ethyl adjacent to an activating group) is 1. The molecule has 0 saturated carbocycles. The third-order valence-corrected chi connectivity index (χ3v) is 14.4. The van der Waals surface area contributed by atoms with Crippen molar-refractivity contribution in [3.8, 4) is 0 Å². The summed E-state index contributed by atoms with van der Waals surface area (Å²) in [5, 5.41) is 14.1. The number of allylic oxidation sites excluding steroid dienone is 14. The van der Waals surface area contributed by atoms with E-state index in [-0.39, 0.29) is 19.1 Å². The summed E-state index contributed by atoms with van der Waals surface area (Å²) in [4.78, 5) is 23.4. The molecule has 3 N–H and O–H groups in total. The van der Waals surface area contributed by atoms with Gasteiger partial charge in [-0.15, -0.1) is 0 Å². The Bertz CT molecular complexity index is 1460. The molecule has 73 heavy (non-hydrogen) atoms. The van der Waals surface area contributed by atoms with Gasteiger partial charge in [-0.05, 0) is 70.6 Å². The molecule has 0 bridgehead atoms. The second kappa shape index (κ2) is 54.5. The number of unbranched alkanes of at least 4 members (excludes halogenated alkanes) is 28. The molecule has 0 aliphatic carbocycles. The van der Waals surface area contributed by atoms with E-state index in [4.69, 9.17) is 9.05 Å². The molecule has 0 heterocycles. The van der Waals surface area contributed by atoms with Crippen LogP contribution in [-0.4, -0.2) is 73.4 Å². The summed E-state index contributed by atoms with van der Waals surface area (Å²) in [6.07, 6.45) is 76.4. The molecule has 424 valence electrons. The number of aliphatic hydroxyl groups is 1. The molecular weight excluding hydrogens is 924 g/mol. The van der Waals surface area contributed by atoms with E-state index < -0.39 is 20.0 Å². The van der Waals surface area contributed by atoms with Gasteiger partial charge in [0.2, 0.25) is 5.91 Å². The van der Waals surface area contributed by atoms with Gasteiger partial charge in [0.15, 0.2) is 0 Å². The maximum Gasteiger partial charge on any atom is 0.472 e. The molecule has 9 heteroatoms. The third-order valence-electron chi connectivity index (χ3n) is 13.4. The normalized spacial score (nSPS) is 14.5. The molecule has 0 spiro atoms. The van der Waals surface area contributed by atoms with Crippen molar-refractivity contribution in [1.29, 1.82) is 0 Å². The molecule has 0 saturated heterocycles. The molecule has 0 aliphatic heterocycles. The van der Waals surface area contributed by atoms with Crippen LogP contribution in [-0.2, 0) is 18.4 Å². The van der Waals surface area contributed by atoms with Crippen molar-refractivity contribution in [3.63, 3.8) is 0 Å². The van der Waals surface area contributed by atoms with Crippen LogP contribution in [0, 0.1) is 0 Å². The number of aliphatic hydroxyl groups excluding tert-OH is 1. The highest BCUT2D eigenvalue weighted by molar-refractivity contribution is 7.47. The van der Waals surface area contributed by atoms with Crippen LogP contribution in [0.1, 0.15) is 264 Å². The van der Waals surface area contributed by atoms with Crippen LogP contribution in [0.25, 0.3) is 0 Å². The lowest BCUT2D eigenvalue weighted by molar-refractivity contribution is -0.870. The Morgan fingerprint density at radius 3 is 1.21 bits per heavy atom. The Balaban J connectivity index is 4.07. The van der Waals surface area contributed by atoms with Crippen molar-refractivity contribution in [2.24, 2.45) is 0 Å². The fraction of sp³-hybridized carbons (Fsp3) is 0.766. The highest BCUT2D eigenvalue weighted by atomic mass is 31.2. The maximum absolute atomic E-state index is 13.0. The van der Waals surface area contributed by atoms with E-state index in [0.29, 0.717) is 23.9 Å². The molecule has 0 fully saturated rings. The monoisotopic (exact) mass is 1040 g/mol. The quantitative estimate of drug-likeness (QED) is 0.0243. The molecular formula is C64H118N2O6P+. The summed E-state index contributed by atoms with van der Waals surface area (Å²) in [6.45, 7) is 4.79. The number of nitrogens with one attached hydrogen (secondary N) is 1. The van der Waals surface area contributed by atoms with Gasteiger partial charge in [-0.1, -0.05) is 272 Å². The Labute approximate surface area is 452 Å². The van der Waals surface area contributed by atoms with Crippen LogP contribution in [0.2, 0.25) is 0 Å². The van der Waals surface area contributed by atoms with E-state index in [1.54, 1.807) is 0 Å². The second-order valence-corrected chi connectivity index (χ2v) is 23.2. The summed E-state index contributed by atoms with van der Waals surface area (Å²) in [7, 11) is 1.61. The van der Waals surface area contributed by atoms with Crippen molar-refractivity contribution in [1.82, 2.24) is 5.32 Å². The van der Waals surface area contributed by atoms with Crippen LogP contribution in [0.4, 0.5) is 0 Å². The molecule has 0 aromatic carbocycles. The van der Waals surface area contributed by atoms with Crippen LogP contribution < -0.4 is 5.32 Å². The lowest BCUT2D eigenvalue weighted by atomic mass is 10.0. The first-order valence-electron chi connectivity index (χ1n) is 30.5. The summed E-state index contributed by atoms with van der Waals surface area (Å²) in [5.74, 6) is -0.147. The number of phosphoric ester groups is 1. The lowest BCUT2D eigenvalue weighted by Gasteiger charge is -2.26. The first kappa shape index (κ1) is 70.7. The second-order valence-electron chi connectivity index (χ2n) is 21.7. The van der Waals surface area contributed by atoms with Gasteiger partial charge in [0.1, 0.15) is 13.2 Å². The fourth-order valence-electron chi connectivity index (χ4n) is 8.68. The topological polar surface area (TPSA) is 105 Å². The zero-order chi connectivity index (χ0) is 53.5. The maximum atomic E-state index is 13.0. The molecule has 0 aromatic heterocycles. The van der Waals surface area contributed by atoms with Crippen molar-refractivity contribution < 1.29 is 32.9 Å². The molecule has 1 amide bonds. The fourth-order valence-corrected chi connectivity index (χ4v) is 9.41. The van der Waals surface area contributed by atoms with Gasteiger partial charge in [-0.2, -0.15) is 0 Å². The Morgan fingerprint density at radius 2 is 0.822 bits per heavy atom. The van der Waals surface area contributed by atoms with Crippen molar-refractivity contribution in [2.75, 3.05) is 40.9 Å². The summed E-state index contributed by atoms with van der Waals surface area (Å²) in [5.41, 5.74) is 0. The summed E-state index contributed by atoms with van der Waals surface area (Å²) < 4.78 is 23.8. The van der Waals surface area contributed by atoms with E-state index >= 15 is 0 Å². The van der Waals surface area contributed by atoms with Crippen molar-refractivity contribution in [3.05, 3.63) is 85.1 Å². The zero-order valence-corrected chi connectivity index (χ0v) is 49.3. The van der Waals surface area contributed by atoms with Crippen molar-refractivity contribution >= 4 is 13.7 Å². The predicted octanol–water partition coefficient (Wildman–Crippen LogP) is 18.8. The van der Waals surface area contributed by atoms with E-state index in [1.807, 2.05) is 21.1 Å². The molecule has 0 rings (SSSR count). The first-order valence-corrected chi connectivity index (χ1v) is 31.9. The minimum absolute atomic E-state index is 0.0723. The van der Waals surface area contributed by atoms with Gasteiger partial charge < -0.3 is 19.8 Å². The lowest BCUT2D eigenvalue weighted by Crippen LogP contribution is -2.46. The summed E-state index contributed by atoms with van der Waals surface area (Å²) in [6, 6.07) is -0.765. The molecule has 3 atom stereocenters. The largest absolute Gasteiger partial charge is 0.472 e. The van der Waals surface area contributed by atoms with E-state index in [9.17, 15) is 19.4 Å². The number of hydrogen-bond donors (Lipinski definition) is 3. The SMILES string of the molecule is CC/C=C\C/C=C\C/C=C\C/C=C\C/C=C\C/C=C\C/C=C\CCCCCCCCCCCCCCCC(=O)NC(COP(=O)(O)OCC[N+](C)(C)C)C(O)CCCCCCCCCCCCCCCCCC. The van der Waals surface area contributed by atoms with Gasteiger partial charge in [0.05, 0.1) is 39.9 Å². The van der Waals surface area contributed by atoms with Crippen LogP contribution in [0.15, 0.2) is 85.1 Å². The van der Waals surface area contributed by atoms with Gasteiger partial charge in [-0.25, -0.2) is 4.57 Å². The van der Waals surface area contributed by atoms with Gasteiger partial charge in [-0.3, -0.25) is 13.8 Å². The average molecular weight is 1040 g/mol. The minimum atomic E-state index is -4.33. The minimum Gasteiger partial charge on any atom is -0.391 e. The van der Waals surface area contributed by atoms with Crippen molar-refractivity contribution in [2.45, 2.75) is 276 Å². The first-order chi connectivity index (χ1) is 35.5. The number of nitrogens with zero attached hydrogens (tertiary/aromatic N) is 1. The van der Waals surface area contributed by atoms with Gasteiger partial charge >= 0.3 is 7.82 Å². The Morgan fingerprint density at radius 1 is 0.479 bits per heavy atom. The number of hydrogen-bond acceptors (Lipinski definition) is 5. The molecule has 3 unspecified atom stereocenters.